The molecule has 1 fully saturated rings. The second-order valence-electron chi connectivity index (χ2n) is 8.07. The molecule has 4 rings (SSSR count). The third kappa shape index (κ3) is 5.90. The van der Waals surface area contributed by atoms with Crippen molar-refractivity contribution < 1.29 is 4.74 Å². The second-order valence-corrected chi connectivity index (χ2v) is 8.07. The number of nitrogens with one attached hydrogen (secondary N) is 2. The highest BCUT2D eigenvalue weighted by Crippen LogP contribution is 2.31. The van der Waals surface area contributed by atoms with E-state index in [-0.39, 0.29) is 6.04 Å². The molecule has 0 radical (unpaired) electrons. The number of guanidine groups is 1. The van der Waals surface area contributed by atoms with E-state index in [1.807, 2.05) is 35.2 Å². The van der Waals surface area contributed by atoms with Gasteiger partial charge in [0.25, 0.3) is 0 Å². The molecule has 8 nitrogen and oxygen atoms in total. The normalized spacial score (nSPS) is 15.4. The zero-order valence-corrected chi connectivity index (χ0v) is 19.4. The maximum Gasteiger partial charge on any atom is 0.191 e. The highest BCUT2D eigenvalue weighted by molar-refractivity contribution is 5.79. The van der Waals surface area contributed by atoms with Crippen LogP contribution in [0.5, 0.6) is 5.75 Å². The number of ether oxygens (including phenoxy) is 1. The van der Waals surface area contributed by atoms with Gasteiger partial charge in [-0.05, 0) is 50.6 Å². The van der Waals surface area contributed by atoms with E-state index in [0.717, 1.165) is 49.3 Å². The van der Waals surface area contributed by atoms with Crippen LogP contribution in [0.1, 0.15) is 36.9 Å². The van der Waals surface area contributed by atoms with Crippen LogP contribution in [-0.2, 0) is 6.54 Å². The molecule has 3 aromatic rings. The summed E-state index contributed by atoms with van der Waals surface area (Å²) in [4.78, 5) is 15.9. The van der Waals surface area contributed by atoms with Crippen molar-refractivity contribution in [1.29, 1.82) is 0 Å². The number of imidazole rings is 1. The molecule has 0 amide bonds. The number of hydrogen-bond donors (Lipinski definition) is 2. The molecule has 3 heterocycles. The number of nitrogens with zero attached hydrogens (tertiary/aromatic N) is 5. The number of likely N-dealkylation sites (tertiary alicyclic amines) is 1. The van der Waals surface area contributed by atoms with Crippen LogP contribution in [0, 0.1) is 0 Å². The van der Waals surface area contributed by atoms with E-state index < -0.39 is 0 Å². The van der Waals surface area contributed by atoms with E-state index in [1.54, 1.807) is 19.6 Å². The molecule has 8 heteroatoms. The van der Waals surface area contributed by atoms with Gasteiger partial charge in [0.2, 0.25) is 0 Å². The average Bonchev–Trinajstić information content (AvgIpc) is 3.58. The van der Waals surface area contributed by atoms with Gasteiger partial charge in [-0.1, -0.05) is 24.3 Å². The zero-order chi connectivity index (χ0) is 22.9. The summed E-state index contributed by atoms with van der Waals surface area (Å²) in [6.07, 6.45) is 9.71. The van der Waals surface area contributed by atoms with E-state index in [9.17, 15) is 0 Å². The van der Waals surface area contributed by atoms with Crippen LogP contribution in [-0.4, -0.2) is 58.7 Å². The van der Waals surface area contributed by atoms with Gasteiger partial charge in [-0.15, -0.1) is 0 Å². The molecule has 1 saturated heterocycles. The van der Waals surface area contributed by atoms with E-state index in [2.05, 4.69) is 50.6 Å². The van der Waals surface area contributed by atoms with Gasteiger partial charge in [-0.3, -0.25) is 9.47 Å². The number of methoxy groups -OCH3 is 1. The van der Waals surface area contributed by atoms with E-state index in [4.69, 9.17) is 9.73 Å². The number of aromatic nitrogens is 3. The number of rotatable bonds is 9. The maximum absolute atomic E-state index is 5.67. The Kier molecular flexibility index (Phi) is 7.92. The first-order valence-corrected chi connectivity index (χ1v) is 11.6. The molecule has 33 heavy (non-hydrogen) atoms. The van der Waals surface area contributed by atoms with Crippen molar-refractivity contribution in [3.63, 3.8) is 0 Å². The molecular weight excluding hydrogens is 414 g/mol. The Morgan fingerprint density at radius 3 is 2.70 bits per heavy atom. The van der Waals surface area contributed by atoms with Crippen LogP contribution in [0.3, 0.4) is 0 Å². The first-order chi connectivity index (χ1) is 16.3. The molecular formula is C25H33N7O. The summed E-state index contributed by atoms with van der Waals surface area (Å²) in [6.45, 7) is 6.39. The van der Waals surface area contributed by atoms with Gasteiger partial charge in [0.1, 0.15) is 17.9 Å². The molecule has 174 valence electrons. The van der Waals surface area contributed by atoms with Gasteiger partial charge in [0.05, 0.1) is 19.7 Å². The van der Waals surface area contributed by atoms with Gasteiger partial charge in [-0.2, -0.15) is 0 Å². The molecule has 0 bridgehead atoms. The number of benzene rings is 1. The summed E-state index contributed by atoms with van der Waals surface area (Å²) in [5.74, 6) is 2.58. The van der Waals surface area contributed by atoms with Crippen LogP contribution in [0.25, 0.3) is 5.82 Å². The Bertz CT molecular complexity index is 1010. The quantitative estimate of drug-likeness (QED) is 0.387. The lowest BCUT2D eigenvalue weighted by Crippen LogP contribution is -2.42. The van der Waals surface area contributed by atoms with Crippen molar-refractivity contribution in [3.05, 3.63) is 72.4 Å². The first kappa shape index (κ1) is 22.8. The Morgan fingerprint density at radius 2 is 2.00 bits per heavy atom. The van der Waals surface area contributed by atoms with E-state index >= 15 is 0 Å². The SMILES string of the molecule is CCNC(=NCc1ccc(-n2ccnc2)nc1)NCC(c1ccccc1OC)N1CCCC1. The Balaban J connectivity index is 1.44. The molecule has 1 aromatic carbocycles. The van der Waals surface area contributed by atoms with E-state index in [0.29, 0.717) is 6.54 Å². The van der Waals surface area contributed by atoms with Crippen molar-refractivity contribution in [1.82, 2.24) is 30.1 Å². The van der Waals surface area contributed by atoms with Crippen LogP contribution in [0.4, 0.5) is 0 Å². The molecule has 1 unspecified atom stereocenters. The fourth-order valence-electron chi connectivity index (χ4n) is 4.19. The van der Waals surface area contributed by atoms with Gasteiger partial charge < -0.3 is 15.4 Å². The molecule has 1 aliphatic heterocycles. The third-order valence-corrected chi connectivity index (χ3v) is 5.88. The Hall–Kier alpha value is -3.39. The lowest BCUT2D eigenvalue weighted by Gasteiger charge is -2.30. The van der Waals surface area contributed by atoms with Crippen LogP contribution < -0.4 is 15.4 Å². The molecule has 0 spiro atoms. The average molecular weight is 448 g/mol. The lowest BCUT2D eigenvalue weighted by atomic mass is 10.0. The minimum absolute atomic E-state index is 0.226. The van der Waals surface area contributed by atoms with Gasteiger partial charge in [0, 0.05) is 37.2 Å². The molecule has 2 aromatic heterocycles. The molecule has 0 saturated carbocycles. The molecule has 2 N–H and O–H groups in total. The summed E-state index contributed by atoms with van der Waals surface area (Å²) < 4.78 is 7.55. The van der Waals surface area contributed by atoms with Gasteiger partial charge in [-0.25, -0.2) is 15.0 Å². The zero-order valence-electron chi connectivity index (χ0n) is 19.4. The summed E-state index contributed by atoms with van der Waals surface area (Å²) >= 11 is 0. The number of pyridine rings is 1. The smallest absolute Gasteiger partial charge is 0.191 e. The third-order valence-electron chi connectivity index (χ3n) is 5.88. The van der Waals surface area contributed by atoms with Crippen LogP contribution in [0.2, 0.25) is 0 Å². The van der Waals surface area contributed by atoms with Crippen molar-refractivity contribution in [3.8, 4) is 11.6 Å². The second kappa shape index (κ2) is 11.5. The molecule has 1 aliphatic rings. The summed E-state index contributed by atoms with van der Waals surface area (Å²) in [7, 11) is 1.74. The van der Waals surface area contributed by atoms with Gasteiger partial charge >= 0.3 is 0 Å². The van der Waals surface area contributed by atoms with Crippen LogP contribution in [0.15, 0.2) is 66.3 Å². The minimum atomic E-state index is 0.226. The predicted molar refractivity (Wildman–Crippen MR) is 131 cm³/mol. The predicted octanol–water partition coefficient (Wildman–Crippen LogP) is 3.17. The van der Waals surface area contributed by atoms with Crippen molar-refractivity contribution in [2.75, 3.05) is 33.3 Å². The topological polar surface area (TPSA) is 79.6 Å². The largest absolute Gasteiger partial charge is 0.496 e. The number of aliphatic imine (C=N–C) groups is 1. The monoisotopic (exact) mass is 447 g/mol. The van der Waals surface area contributed by atoms with Gasteiger partial charge in [0.15, 0.2) is 5.96 Å². The number of hydrogen-bond acceptors (Lipinski definition) is 5. The highest BCUT2D eigenvalue weighted by Gasteiger charge is 2.26. The Labute approximate surface area is 195 Å². The number of para-hydroxylation sites is 1. The standard InChI is InChI=1S/C25H33N7O/c1-3-27-25(29-17-20-10-11-24(28-16-20)32-15-12-26-19-32)30-18-22(31-13-6-7-14-31)21-8-4-5-9-23(21)33-2/h4-5,8-12,15-16,19,22H,3,6-7,13-14,17-18H2,1-2H3,(H2,27,29,30). The van der Waals surface area contributed by atoms with Crippen molar-refractivity contribution in [2.45, 2.75) is 32.4 Å². The Morgan fingerprint density at radius 1 is 1.15 bits per heavy atom. The summed E-state index contributed by atoms with van der Waals surface area (Å²) in [5.41, 5.74) is 2.27. The fraction of sp³-hybridized carbons (Fsp3) is 0.400. The van der Waals surface area contributed by atoms with Crippen LogP contribution >= 0.6 is 0 Å². The fourth-order valence-corrected chi connectivity index (χ4v) is 4.19. The first-order valence-electron chi connectivity index (χ1n) is 11.6. The minimum Gasteiger partial charge on any atom is -0.496 e. The maximum atomic E-state index is 5.67. The molecule has 0 aliphatic carbocycles. The van der Waals surface area contributed by atoms with Crippen molar-refractivity contribution >= 4 is 5.96 Å². The summed E-state index contributed by atoms with van der Waals surface area (Å²) in [6, 6.07) is 12.6. The summed E-state index contributed by atoms with van der Waals surface area (Å²) in [5, 5.41) is 6.93. The molecule has 1 atom stereocenters. The highest BCUT2D eigenvalue weighted by atomic mass is 16.5. The van der Waals surface area contributed by atoms with E-state index in [1.165, 1.54) is 18.4 Å². The lowest BCUT2D eigenvalue weighted by molar-refractivity contribution is 0.239. The van der Waals surface area contributed by atoms with Crippen molar-refractivity contribution in [2.24, 2.45) is 4.99 Å².